The number of nitrogens with zero attached hydrogens (tertiary/aromatic N) is 1. The van der Waals surface area contributed by atoms with Crippen LogP contribution in [0, 0.1) is 0 Å². The zero-order chi connectivity index (χ0) is 23.5. The van der Waals surface area contributed by atoms with Crippen molar-refractivity contribution in [1.82, 2.24) is 0 Å². The maximum Gasteiger partial charge on any atom is 0.294 e. The first-order valence-electron chi connectivity index (χ1n) is 10.7. The Kier molecular flexibility index (Phi) is 6.51. The van der Waals surface area contributed by atoms with Crippen LogP contribution >= 0.6 is 11.3 Å². The smallest absolute Gasteiger partial charge is 0.294 e. The van der Waals surface area contributed by atoms with Crippen molar-refractivity contribution < 1.29 is 24.2 Å². The molecule has 33 heavy (non-hydrogen) atoms. The molecule has 1 unspecified atom stereocenters. The van der Waals surface area contributed by atoms with E-state index in [1.807, 2.05) is 32.9 Å². The molecule has 6 nitrogen and oxygen atoms in total. The van der Waals surface area contributed by atoms with Gasteiger partial charge in [0.15, 0.2) is 5.76 Å². The van der Waals surface area contributed by atoms with Crippen molar-refractivity contribution in [3.8, 4) is 11.5 Å². The quantitative estimate of drug-likeness (QED) is 0.433. The molecule has 7 heteroatoms. The number of carbonyl (C=O) groups is 2. The third-order valence-electron chi connectivity index (χ3n) is 5.17. The van der Waals surface area contributed by atoms with E-state index in [-0.39, 0.29) is 17.5 Å². The molecule has 0 saturated carbocycles. The fourth-order valence-electron chi connectivity index (χ4n) is 3.85. The SMILES string of the molecule is CCOc1cccc(N2C(=O)C(O)=C(C(=O)c3cccs3)C2c2ccc(OC(C)C)cc2)c1. The Labute approximate surface area is 196 Å². The van der Waals surface area contributed by atoms with Crippen molar-refractivity contribution in [2.24, 2.45) is 0 Å². The molecule has 170 valence electrons. The van der Waals surface area contributed by atoms with Crippen LogP contribution in [0.4, 0.5) is 5.69 Å². The largest absolute Gasteiger partial charge is 0.503 e. The van der Waals surface area contributed by atoms with E-state index in [0.29, 0.717) is 34.2 Å². The summed E-state index contributed by atoms with van der Waals surface area (Å²) in [5.74, 6) is -0.257. The Morgan fingerprint density at radius 1 is 1.09 bits per heavy atom. The number of aliphatic hydroxyl groups is 1. The van der Waals surface area contributed by atoms with Gasteiger partial charge < -0.3 is 14.6 Å². The van der Waals surface area contributed by atoms with E-state index >= 15 is 0 Å². The molecule has 1 N–H and O–H groups in total. The number of anilines is 1. The number of thiophene rings is 1. The van der Waals surface area contributed by atoms with Crippen molar-refractivity contribution in [2.45, 2.75) is 32.9 Å². The lowest BCUT2D eigenvalue weighted by Gasteiger charge is -2.27. The highest BCUT2D eigenvalue weighted by atomic mass is 32.1. The number of aliphatic hydroxyl groups excluding tert-OH is 1. The van der Waals surface area contributed by atoms with Crippen LogP contribution in [0.15, 0.2) is 77.4 Å². The first-order chi connectivity index (χ1) is 15.9. The Bertz CT molecular complexity index is 1180. The topological polar surface area (TPSA) is 76.1 Å². The Hall–Kier alpha value is -3.58. The lowest BCUT2D eigenvalue weighted by atomic mass is 9.95. The summed E-state index contributed by atoms with van der Waals surface area (Å²) in [6, 6.07) is 17.0. The van der Waals surface area contributed by atoms with Gasteiger partial charge >= 0.3 is 0 Å². The zero-order valence-electron chi connectivity index (χ0n) is 18.6. The predicted molar refractivity (Wildman–Crippen MR) is 128 cm³/mol. The van der Waals surface area contributed by atoms with Crippen molar-refractivity contribution in [1.29, 1.82) is 0 Å². The van der Waals surface area contributed by atoms with E-state index in [2.05, 4.69) is 0 Å². The number of hydrogen-bond acceptors (Lipinski definition) is 6. The van der Waals surface area contributed by atoms with Gasteiger partial charge in [-0.05, 0) is 62.0 Å². The summed E-state index contributed by atoms with van der Waals surface area (Å²) in [6.07, 6.45) is 0.0154. The Balaban J connectivity index is 1.81. The van der Waals surface area contributed by atoms with E-state index in [9.17, 15) is 14.7 Å². The van der Waals surface area contributed by atoms with Gasteiger partial charge in [0, 0.05) is 11.8 Å². The van der Waals surface area contributed by atoms with Gasteiger partial charge in [0.1, 0.15) is 11.5 Å². The summed E-state index contributed by atoms with van der Waals surface area (Å²) >= 11 is 1.27. The molecule has 1 aliphatic heterocycles. The third kappa shape index (κ3) is 4.50. The van der Waals surface area contributed by atoms with Crippen molar-refractivity contribution >= 4 is 28.7 Å². The van der Waals surface area contributed by atoms with E-state index in [0.717, 1.165) is 0 Å². The molecular formula is C26H25NO5S. The molecule has 1 aromatic heterocycles. The standard InChI is InChI=1S/C26H25NO5S/c1-4-31-20-8-5-7-18(15-20)27-23(17-10-12-19(13-11-17)32-16(2)3)22(25(29)26(27)30)24(28)21-9-6-14-33-21/h5-16,23,29H,4H2,1-3H3. The van der Waals surface area contributed by atoms with E-state index in [1.165, 1.54) is 16.2 Å². The monoisotopic (exact) mass is 463 g/mol. The summed E-state index contributed by atoms with van der Waals surface area (Å²) in [4.78, 5) is 28.5. The molecule has 0 aliphatic carbocycles. The minimum atomic E-state index is -0.794. The third-order valence-corrected chi connectivity index (χ3v) is 6.04. The van der Waals surface area contributed by atoms with Crippen LogP contribution in [0.2, 0.25) is 0 Å². The van der Waals surface area contributed by atoms with Crippen LogP contribution in [-0.2, 0) is 4.79 Å². The Morgan fingerprint density at radius 2 is 1.85 bits per heavy atom. The number of ether oxygens (including phenoxy) is 2. The van der Waals surface area contributed by atoms with Crippen LogP contribution in [0.25, 0.3) is 0 Å². The zero-order valence-corrected chi connectivity index (χ0v) is 19.5. The number of ketones is 1. The molecule has 0 saturated heterocycles. The number of Topliss-reactive ketones (excluding diaryl/α,β-unsaturated/α-hetero) is 1. The molecular weight excluding hydrogens is 438 g/mol. The van der Waals surface area contributed by atoms with Gasteiger partial charge in [0.2, 0.25) is 5.78 Å². The van der Waals surface area contributed by atoms with Gasteiger partial charge in [-0.3, -0.25) is 14.5 Å². The second-order valence-electron chi connectivity index (χ2n) is 7.81. The highest BCUT2D eigenvalue weighted by molar-refractivity contribution is 7.12. The second kappa shape index (κ2) is 9.50. The molecule has 2 heterocycles. The summed E-state index contributed by atoms with van der Waals surface area (Å²) in [5, 5.41) is 12.6. The van der Waals surface area contributed by atoms with E-state index in [4.69, 9.17) is 9.47 Å². The normalized spacial score (nSPS) is 15.9. The highest BCUT2D eigenvalue weighted by Gasteiger charge is 2.45. The van der Waals surface area contributed by atoms with Crippen LogP contribution in [0.5, 0.6) is 11.5 Å². The average molecular weight is 464 g/mol. The van der Waals surface area contributed by atoms with Crippen molar-refractivity contribution in [3.63, 3.8) is 0 Å². The number of benzene rings is 2. The summed E-state index contributed by atoms with van der Waals surface area (Å²) in [6.45, 7) is 6.23. The van der Waals surface area contributed by atoms with Gasteiger partial charge in [-0.1, -0.05) is 24.3 Å². The molecule has 1 atom stereocenters. The van der Waals surface area contributed by atoms with E-state index < -0.39 is 17.7 Å². The second-order valence-corrected chi connectivity index (χ2v) is 8.76. The van der Waals surface area contributed by atoms with Gasteiger partial charge in [-0.2, -0.15) is 0 Å². The maximum atomic E-state index is 13.4. The highest BCUT2D eigenvalue weighted by Crippen LogP contribution is 2.43. The first kappa shape index (κ1) is 22.6. The number of carbonyl (C=O) groups excluding carboxylic acids is 2. The van der Waals surface area contributed by atoms with E-state index in [1.54, 1.807) is 53.9 Å². The molecule has 1 amide bonds. The van der Waals surface area contributed by atoms with Crippen molar-refractivity contribution in [3.05, 3.63) is 87.8 Å². The number of hydrogen-bond donors (Lipinski definition) is 1. The molecule has 0 radical (unpaired) electrons. The van der Waals surface area contributed by atoms with Crippen LogP contribution < -0.4 is 14.4 Å². The molecule has 3 aromatic rings. The van der Waals surface area contributed by atoms with Gasteiger partial charge in [-0.15, -0.1) is 11.3 Å². The summed E-state index contributed by atoms with van der Waals surface area (Å²) in [5.41, 5.74) is 1.27. The molecule has 2 aromatic carbocycles. The van der Waals surface area contributed by atoms with Crippen molar-refractivity contribution in [2.75, 3.05) is 11.5 Å². The minimum Gasteiger partial charge on any atom is -0.503 e. The average Bonchev–Trinajstić information content (AvgIpc) is 3.42. The fourth-order valence-corrected chi connectivity index (χ4v) is 4.53. The molecule has 0 fully saturated rings. The molecule has 4 rings (SSSR count). The van der Waals surface area contributed by atoms with Gasteiger partial charge in [0.25, 0.3) is 5.91 Å². The predicted octanol–water partition coefficient (Wildman–Crippen LogP) is 5.72. The van der Waals surface area contributed by atoms with Crippen LogP contribution in [0.3, 0.4) is 0 Å². The summed E-state index contributed by atoms with van der Waals surface area (Å²) < 4.78 is 11.3. The maximum absolute atomic E-state index is 13.4. The summed E-state index contributed by atoms with van der Waals surface area (Å²) in [7, 11) is 0. The molecule has 1 aliphatic rings. The Morgan fingerprint density at radius 3 is 2.48 bits per heavy atom. The number of amides is 1. The molecule has 0 spiro atoms. The minimum absolute atomic E-state index is 0.0154. The van der Waals surface area contributed by atoms with Crippen LogP contribution in [0.1, 0.15) is 42.0 Å². The van der Waals surface area contributed by atoms with Gasteiger partial charge in [0.05, 0.1) is 29.2 Å². The van der Waals surface area contributed by atoms with Gasteiger partial charge in [-0.25, -0.2) is 0 Å². The van der Waals surface area contributed by atoms with Crippen LogP contribution in [-0.4, -0.2) is 29.5 Å². The first-order valence-corrected chi connectivity index (χ1v) is 11.6. The lowest BCUT2D eigenvalue weighted by molar-refractivity contribution is -0.117. The number of rotatable bonds is 8. The lowest BCUT2D eigenvalue weighted by Crippen LogP contribution is -2.31. The molecule has 0 bridgehead atoms. The fraction of sp³-hybridized carbons (Fsp3) is 0.231.